The highest BCUT2D eigenvalue weighted by Crippen LogP contribution is 2.09. The number of aliphatic imine (C=N–C) groups is 2. The van der Waals surface area contributed by atoms with Crippen LogP contribution in [0.5, 0.6) is 0 Å². The lowest BCUT2D eigenvalue weighted by Gasteiger charge is -1.92. The molecule has 0 heterocycles. The number of rotatable bonds is 2. The minimum absolute atomic E-state index is 0.121. The molecule has 0 N–H and O–H groups in total. The van der Waals surface area contributed by atoms with Crippen molar-refractivity contribution in [2.45, 2.75) is 6.18 Å². The van der Waals surface area contributed by atoms with Gasteiger partial charge in [0.1, 0.15) is 17.7 Å². The van der Waals surface area contributed by atoms with Crippen molar-refractivity contribution >= 4 is 24.2 Å². The highest BCUT2D eigenvalue weighted by atomic mass is 35.5. The van der Waals surface area contributed by atoms with Gasteiger partial charge in [-0.15, -0.1) is 0 Å². The number of alkyl halides is 3. The third-order valence-corrected chi connectivity index (χ3v) is 0.583. The summed E-state index contributed by atoms with van der Waals surface area (Å²) in [7, 11) is 0. The van der Waals surface area contributed by atoms with E-state index < -0.39 is 6.18 Å². The third-order valence-electron chi connectivity index (χ3n) is 0.485. The van der Waals surface area contributed by atoms with E-state index in [-0.39, 0.29) is 11.4 Å². The minimum atomic E-state index is -4.42. The largest absolute Gasteiger partial charge is 0.426 e. The van der Waals surface area contributed by atoms with Gasteiger partial charge < -0.3 is 0 Å². The fourth-order valence-electron chi connectivity index (χ4n) is 0.214. The van der Waals surface area contributed by atoms with Crippen molar-refractivity contribution < 1.29 is 13.2 Å². The molecule has 0 aromatic rings. The quantitative estimate of drug-likeness (QED) is 0.358. The van der Waals surface area contributed by atoms with E-state index in [0.29, 0.717) is 6.34 Å². The van der Waals surface area contributed by atoms with Crippen LogP contribution in [0.3, 0.4) is 0 Å². The Balaban J connectivity index is 3.88. The Morgan fingerprint density at radius 1 is 1.45 bits per heavy atom. The van der Waals surface area contributed by atoms with Gasteiger partial charge in [-0.05, 0) is 0 Å². The van der Waals surface area contributed by atoms with Gasteiger partial charge in [0.25, 0.3) is 0 Å². The summed E-state index contributed by atoms with van der Waals surface area (Å²) in [6.45, 7) is 3.10. The van der Waals surface area contributed by atoms with E-state index in [1.54, 1.807) is 0 Å². The highest BCUT2D eigenvalue weighted by molar-refractivity contribution is 6.29. The molecule has 0 aliphatic carbocycles. The molecule has 0 fully saturated rings. The second kappa shape index (κ2) is 4.12. The molecule has 0 saturated carbocycles. The molecular weight excluding hydrogens is 181 g/mol. The Kier molecular flexibility index (Phi) is 3.81. The van der Waals surface area contributed by atoms with Crippen LogP contribution >= 0.6 is 11.6 Å². The molecule has 0 aromatic carbocycles. The Morgan fingerprint density at radius 3 is 2.36 bits per heavy atom. The first-order valence-electron chi connectivity index (χ1n) is 2.40. The summed E-state index contributed by atoms with van der Waals surface area (Å²) in [5.74, 6) is 0. The second-order valence-electron chi connectivity index (χ2n) is 1.44. The topological polar surface area (TPSA) is 24.7 Å². The molecule has 0 rings (SSSR count). The van der Waals surface area contributed by atoms with E-state index >= 15 is 0 Å². The van der Waals surface area contributed by atoms with Crippen LogP contribution in [-0.2, 0) is 0 Å². The molecule has 0 aliphatic heterocycles. The zero-order chi connectivity index (χ0) is 8.91. The van der Waals surface area contributed by atoms with E-state index in [2.05, 4.69) is 16.6 Å². The van der Waals surface area contributed by atoms with Crippen LogP contribution < -0.4 is 0 Å². The predicted molar refractivity (Wildman–Crippen MR) is 38.0 cm³/mol. The van der Waals surface area contributed by atoms with E-state index in [1.165, 1.54) is 0 Å². The van der Waals surface area contributed by atoms with Crippen molar-refractivity contribution in [2.75, 3.05) is 0 Å². The van der Waals surface area contributed by atoms with Gasteiger partial charge in [-0.2, -0.15) is 13.2 Å². The van der Waals surface area contributed by atoms with Crippen LogP contribution in [0.25, 0.3) is 0 Å². The molecule has 6 heteroatoms. The number of nitrogens with zero attached hydrogens (tertiary/aromatic N) is 2. The lowest BCUT2D eigenvalue weighted by molar-refractivity contribution is -0.0534. The predicted octanol–water partition coefficient (Wildman–Crippen LogP) is 2.36. The zero-order valence-electron chi connectivity index (χ0n) is 5.27. The van der Waals surface area contributed by atoms with Gasteiger partial charge >= 0.3 is 6.18 Å². The maximum atomic E-state index is 11.3. The van der Waals surface area contributed by atoms with Gasteiger partial charge in [0.15, 0.2) is 0 Å². The van der Waals surface area contributed by atoms with Crippen molar-refractivity contribution in [3.63, 3.8) is 0 Å². The molecule has 0 bridgehead atoms. The van der Waals surface area contributed by atoms with Crippen molar-refractivity contribution in [3.8, 4) is 0 Å². The highest BCUT2D eigenvalue weighted by Gasteiger charge is 2.23. The fraction of sp³-hybridized carbons (Fsp3) is 0.200. The first-order valence-corrected chi connectivity index (χ1v) is 2.77. The van der Waals surface area contributed by atoms with Crippen LogP contribution in [0, 0.1) is 0 Å². The van der Waals surface area contributed by atoms with Gasteiger partial charge in [0.2, 0.25) is 0 Å². The standard InChI is InChI=1S/C5H4ClF3N2/c1-4(6)11-3-10-2-5(7,8)9/h2-3H,1H2. The Bertz CT molecular complexity index is 194. The van der Waals surface area contributed by atoms with Gasteiger partial charge in [0, 0.05) is 0 Å². The van der Waals surface area contributed by atoms with E-state index in [4.69, 9.17) is 11.6 Å². The summed E-state index contributed by atoms with van der Waals surface area (Å²) in [4.78, 5) is 5.97. The first kappa shape index (κ1) is 10.2. The van der Waals surface area contributed by atoms with Crippen molar-refractivity contribution in [1.82, 2.24) is 0 Å². The number of hydrogen-bond donors (Lipinski definition) is 0. The van der Waals surface area contributed by atoms with Gasteiger partial charge in [-0.1, -0.05) is 18.2 Å². The molecule has 0 spiro atoms. The monoisotopic (exact) mass is 184 g/mol. The fourth-order valence-corrected chi connectivity index (χ4v) is 0.257. The summed E-state index contributed by atoms with van der Waals surface area (Å²) in [6, 6.07) is 0. The van der Waals surface area contributed by atoms with Crippen molar-refractivity contribution in [2.24, 2.45) is 9.98 Å². The maximum Gasteiger partial charge on any atom is 0.426 e. The van der Waals surface area contributed by atoms with Crippen LogP contribution in [0.1, 0.15) is 0 Å². The van der Waals surface area contributed by atoms with E-state index in [0.717, 1.165) is 0 Å². The summed E-state index contributed by atoms with van der Waals surface area (Å²) in [5.41, 5.74) is 0. The Hall–Kier alpha value is -0.840. The third kappa shape index (κ3) is 9.16. The van der Waals surface area contributed by atoms with Crippen molar-refractivity contribution in [3.05, 3.63) is 11.7 Å². The molecule has 0 amide bonds. The number of halogens is 4. The molecular formula is C5H4ClF3N2. The smallest absolute Gasteiger partial charge is 0.240 e. The average Bonchev–Trinajstić information content (AvgIpc) is 1.78. The van der Waals surface area contributed by atoms with Crippen molar-refractivity contribution in [1.29, 1.82) is 0 Å². The number of hydrogen-bond acceptors (Lipinski definition) is 1. The SMILES string of the molecule is C=C(Cl)N=CN=CC(F)(F)F. The first-order chi connectivity index (χ1) is 4.92. The lowest BCUT2D eigenvalue weighted by Crippen LogP contribution is -2.08. The van der Waals surface area contributed by atoms with Gasteiger partial charge in [-0.25, -0.2) is 9.98 Å². The van der Waals surface area contributed by atoms with Crippen LogP contribution in [0.2, 0.25) is 0 Å². The second-order valence-corrected chi connectivity index (χ2v) is 1.88. The molecule has 0 aliphatic rings. The maximum absolute atomic E-state index is 11.3. The molecule has 2 nitrogen and oxygen atoms in total. The summed E-state index contributed by atoms with van der Waals surface area (Å²) in [5, 5.41) is -0.121. The molecule has 0 radical (unpaired) electrons. The molecule has 11 heavy (non-hydrogen) atoms. The minimum Gasteiger partial charge on any atom is -0.240 e. The van der Waals surface area contributed by atoms with E-state index in [9.17, 15) is 13.2 Å². The zero-order valence-corrected chi connectivity index (χ0v) is 6.02. The van der Waals surface area contributed by atoms with Gasteiger partial charge in [0.05, 0.1) is 0 Å². The molecule has 0 saturated heterocycles. The molecule has 0 atom stereocenters. The van der Waals surface area contributed by atoms with Crippen LogP contribution in [-0.4, -0.2) is 18.7 Å². The molecule has 0 unspecified atom stereocenters. The lowest BCUT2D eigenvalue weighted by atomic mass is 10.7. The summed E-state index contributed by atoms with van der Waals surface area (Å²) >= 11 is 5.08. The summed E-state index contributed by atoms with van der Waals surface area (Å²) in [6.07, 6.45) is -3.95. The Labute approximate surface area is 66.1 Å². The van der Waals surface area contributed by atoms with Crippen LogP contribution in [0.15, 0.2) is 21.7 Å². The normalized spacial score (nSPS) is 13.1. The molecule has 62 valence electrons. The molecule has 0 aromatic heterocycles. The van der Waals surface area contributed by atoms with E-state index in [1.807, 2.05) is 0 Å². The Morgan fingerprint density at radius 2 is 2.00 bits per heavy atom. The van der Waals surface area contributed by atoms with Gasteiger partial charge in [-0.3, -0.25) is 0 Å². The van der Waals surface area contributed by atoms with Crippen LogP contribution in [0.4, 0.5) is 13.2 Å². The average molecular weight is 185 g/mol. The summed E-state index contributed by atoms with van der Waals surface area (Å²) < 4.78 is 33.9.